The predicted molar refractivity (Wildman–Crippen MR) is 54.6 cm³/mol. The molecular weight excluding hydrogens is 197 g/mol. The van der Waals surface area contributed by atoms with Crippen LogP contribution in [-0.4, -0.2) is 11.7 Å². The van der Waals surface area contributed by atoms with Crippen LogP contribution in [-0.2, 0) is 4.79 Å². The third-order valence-electron chi connectivity index (χ3n) is 1.82. The van der Waals surface area contributed by atoms with Crippen LogP contribution in [0, 0.1) is 5.82 Å². The maximum atomic E-state index is 12.8. The summed E-state index contributed by atoms with van der Waals surface area (Å²) < 4.78 is 12.8. The number of carbonyl (C=O) groups excluding carboxylic acids is 2. The zero-order valence-corrected chi connectivity index (χ0v) is 8.16. The molecule has 0 aliphatic carbocycles. The topological polar surface area (TPSA) is 60.2 Å². The van der Waals surface area contributed by atoms with E-state index in [2.05, 4.69) is 0 Å². The van der Waals surface area contributed by atoms with Crippen molar-refractivity contribution < 1.29 is 14.0 Å². The van der Waals surface area contributed by atoms with Gasteiger partial charge in [0.1, 0.15) is 5.82 Å². The zero-order valence-electron chi connectivity index (χ0n) is 8.16. The van der Waals surface area contributed by atoms with Gasteiger partial charge in [-0.3, -0.25) is 9.59 Å². The van der Waals surface area contributed by atoms with Gasteiger partial charge in [-0.1, -0.05) is 6.07 Å². The van der Waals surface area contributed by atoms with Crippen LogP contribution in [0.3, 0.4) is 0 Å². The lowest BCUT2D eigenvalue weighted by Gasteiger charge is -2.01. The molecule has 0 heterocycles. The average Bonchev–Trinajstić information content (AvgIpc) is 2.15. The SMILES string of the molecule is CC(=O)c1cc(F)ccc1C=CC(N)=O. The highest BCUT2D eigenvalue weighted by molar-refractivity contribution is 5.99. The standard InChI is InChI=1S/C11H10FNO2/c1-7(14)10-6-9(12)4-2-8(10)3-5-11(13)15/h2-6H,1H3,(H2,13,15). The van der Waals surface area contributed by atoms with Crippen molar-refractivity contribution in [2.24, 2.45) is 5.73 Å². The van der Waals surface area contributed by atoms with Crippen LogP contribution in [0.15, 0.2) is 24.3 Å². The zero-order chi connectivity index (χ0) is 11.4. The molecule has 2 N–H and O–H groups in total. The Hall–Kier alpha value is -1.97. The quantitative estimate of drug-likeness (QED) is 0.603. The molecule has 1 rings (SSSR count). The summed E-state index contributed by atoms with van der Waals surface area (Å²) >= 11 is 0. The first-order valence-electron chi connectivity index (χ1n) is 4.28. The minimum absolute atomic E-state index is 0.229. The van der Waals surface area contributed by atoms with Crippen molar-refractivity contribution in [3.8, 4) is 0 Å². The van der Waals surface area contributed by atoms with Crippen molar-refractivity contribution in [1.29, 1.82) is 0 Å². The number of benzene rings is 1. The number of amides is 1. The minimum atomic E-state index is -0.617. The second-order valence-electron chi connectivity index (χ2n) is 3.02. The molecule has 1 aromatic rings. The molecule has 0 saturated carbocycles. The lowest BCUT2D eigenvalue weighted by molar-refractivity contribution is -0.113. The third-order valence-corrected chi connectivity index (χ3v) is 1.82. The Morgan fingerprint density at radius 1 is 1.40 bits per heavy atom. The predicted octanol–water partition coefficient (Wildman–Crippen LogP) is 1.53. The molecule has 0 unspecified atom stereocenters. The fourth-order valence-electron chi connectivity index (χ4n) is 1.15. The van der Waals surface area contributed by atoms with E-state index < -0.39 is 11.7 Å². The van der Waals surface area contributed by atoms with E-state index in [0.717, 1.165) is 12.1 Å². The molecule has 0 aromatic heterocycles. The Kier molecular flexibility index (Phi) is 3.33. The van der Waals surface area contributed by atoms with Crippen LogP contribution in [0.5, 0.6) is 0 Å². The normalized spacial score (nSPS) is 10.5. The summed E-state index contributed by atoms with van der Waals surface area (Å²) in [6.07, 6.45) is 2.51. The van der Waals surface area contributed by atoms with Crippen molar-refractivity contribution >= 4 is 17.8 Å². The fraction of sp³-hybridized carbons (Fsp3) is 0.0909. The van der Waals surface area contributed by atoms with Crippen molar-refractivity contribution in [2.45, 2.75) is 6.92 Å². The van der Waals surface area contributed by atoms with E-state index in [9.17, 15) is 14.0 Å². The number of hydrogen-bond donors (Lipinski definition) is 1. The summed E-state index contributed by atoms with van der Waals surface area (Å²) in [6, 6.07) is 3.77. The lowest BCUT2D eigenvalue weighted by atomic mass is 10.0. The van der Waals surface area contributed by atoms with Gasteiger partial charge < -0.3 is 5.73 Å². The van der Waals surface area contributed by atoms with E-state index >= 15 is 0 Å². The van der Waals surface area contributed by atoms with Crippen molar-refractivity contribution in [1.82, 2.24) is 0 Å². The van der Waals surface area contributed by atoms with E-state index in [1.807, 2.05) is 0 Å². The van der Waals surface area contributed by atoms with Crippen molar-refractivity contribution in [3.63, 3.8) is 0 Å². The van der Waals surface area contributed by atoms with E-state index in [1.54, 1.807) is 0 Å². The van der Waals surface area contributed by atoms with Crippen LogP contribution in [0.1, 0.15) is 22.8 Å². The van der Waals surface area contributed by atoms with Crippen LogP contribution in [0.2, 0.25) is 0 Å². The smallest absolute Gasteiger partial charge is 0.241 e. The second-order valence-corrected chi connectivity index (χ2v) is 3.02. The number of carbonyl (C=O) groups is 2. The molecule has 4 heteroatoms. The Labute approximate surface area is 86.4 Å². The van der Waals surface area contributed by atoms with Gasteiger partial charge >= 0.3 is 0 Å². The molecule has 0 bridgehead atoms. The number of ketones is 1. The van der Waals surface area contributed by atoms with Gasteiger partial charge in [-0.2, -0.15) is 0 Å². The number of nitrogens with two attached hydrogens (primary N) is 1. The molecule has 78 valence electrons. The summed E-state index contributed by atoms with van der Waals surface area (Å²) in [6.45, 7) is 1.33. The molecule has 0 radical (unpaired) electrons. The molecule has 0 spiro atoms. The van der Waals surface area contributed by atoms with E-state index in [-0.39, 0.29) is 11.3 Å². The minimum Gasteiger partial charge on any atom is -0.366 e. The van der Waals surface area contributed by atoms with Gasteiger partial charge in [0.2, 0.25) is 5.91 Å². The Balaban J connectivity index is 3.17. The molecule has 0 saturated heterocycles. The third kappa shape index (κ3) is 3.02. The highest BCUT2D eigenvalue weighted by Crippen LogP contribution is 2.13. The number of halogens is 1. The summed E-state index contributed by atoms with van der Waals surface area (Å²) in [5.74, 6) is -1.37. The van der Waals surface area contributed by atoms with Crippen LogP contribution in [0.25, 0.3) is 6.08 Å². The molecule has 1 aromatic carbocycles. The maximum absolute atomic E-state index is 12.8. The number of hydrogen-bond acceptors (Lipinski definition) is 2. The van der Waals surface area contributed by atoms with E-state index in [4.69, 9.17) is 5.73 Å². The number of Topliss-reactive ketones (excluding diaryl/α,β-unsaturated/α-hetero) is 1. The fourth-order valence-corrected chi connectivity index (χ4v) is 1.15. The highest BCUT2D eigenvalue weighted by atomic mass is 19.1. The van der Waals surface area contributed by atoms with Gasteiger partial charge in [-0.15, -0.1) is 0 Å². The first kappa shape index (κ1) is 11.1. The van der Waals surface area contributed by atoms with E-state index in [0.29, 0.717) is 5.56 Å². The largest absolute Gasteiger partial charge is 0.366 e. The van der Waals surface area contributed by atoms with Gasteiger partial charge in [0, 0.05) is 11.6 Å². The molecule has 0 fully saturated rings. The van der Waals surface area contributed by atoms with Crippen LogP contribution in [0.4, 0.5) is 4.39 Å². The average molecular weight is 207 g/mol. The first-order valence-corrected chi connectivity index (χ1v) is 4.28. The van der Waals surface area contributed by atoms with E-state index in [1.165, 1.54) is 25.1 Å². The molecular formula is C11H10FNO2. The van der Waals surface area contributed by atoms with Crippen molar-refractivity contribution in [2.75, 3.05) is 0 Å². The van der Waals surface area contributed by atoms with Gasteiger partial charge in [0.25, 0.3) is 0 Å². The Bertz CT molecular complexity index is 438. The van der Waals surface area contributed by atoms with Gasteiger partial charge in [0.05, 0.1) is 0 Å². The summed E-state index contributed by atoms with van der Waals surface area (Å²) in [5, 5.41) is 0. The number of rotatable bonds is 3. The molecule has 15 heavy (non-hydrogen) atoms. The molecule has 0 atom stereocenters. The first-order chi connectivity index (χ1) is 7.00. The molecule has 0 aliphatic heterocycles. The number of primary amides is 1. The molecule has 3 nitrogen and oxygen atoms in total. The lowest BCUT2D eigenvalue weighted by Crippen LogP contribution is -2.05. The molecule has 1 amide bonds. The monoisotopic (exact) mass is 207 g/mol. The Morgan fingerprint density at radius 2 is 2.07 bits per heavy atom. The van der Waals surface area contributed by atoms with Gasteiger partial charge in [-0.25, -0.2) is 4.39 Å². The highest BCUT2D eigenvalue weighted by Gasteiger charge is 2.06. The maximum Gasteiger partial charge on any atom is 0.241 e. The second kappa shape index (κ2) is 4.50. The van der Waals surface area contributed by atoms with Crippen LogP contribution < -0.4 is 5.73 Å². The summed E-state index contributed by atoms with van der Waals surface area (Å²) in [4.78, 5) is 21.6. The summed E-state index contributed by atoms with van der Waals surface area (Å²) in [7, 11) is 0. The Morgan fingerprint density at radius 3 is 2.60 bits per heavy atom. The van der Waals surface area contributed by atoms with Crippen molar-refractivity contribution in [3.05, 3.63) is 41.2 Å². The summed E-state index contributed by atoms with van der Waals surface area (Å²) in [5.41, 5.74) is 5.62. The van der Waals surface area contributed by atoms with Gasteiger partial charge in [0.15, 0.2) is 5.78 Å². The molecule has 0 aliphatic rings. The van der Waals surface area contributed by atoms with Gasteiger partial charge in [-0.05, 0) is 30.7 Å². The van der Waals surface area contributed by atoms with Crippen LogP contribution >= 0.6 is 0 Å².